The molecule has 0 amide bonds. The Hall–Kier alpha value is -0.990. The third-order valence-electron chi connectivity index (χ3n) is 4.60. The van der Waals surface area contributed by atoms with Crippen LogP contribution in [-0.4, -0.2) is 41.3 Å². The van der Waals surface area contributed by atoms with Crippen molar-refractivity contribution in [1.82, 2.24) is 10.6 Å². The Morgan fingerprint density at radius 2 is 2.04 bits per heavy atom. The van der Waals surface area contributed by atoms with Crippen molar-refractivity contribution >= 4 is 52.5 Å². The van der Waals surface area contributed by atoms with Crippen LogP contribution in [0, 0.1) is 0 Å². The molecule has 6 heteroatoms. The number of guanidine groups is 1. The zero-order valence-electron chi connectivity index (χ0n) is 15.4. The van der Waals surface area contributed by atoms with Crippen molar-refractivity contribution in [2.75, 3.05) is 24.6 Å². The second-order valence-corrected chi connectivity index (χ2v) is 7.76. The van der Waals surface area contributed by atoms with Crippen LogP contribution < -0.4 is 10.6 Å². The first kappa shape index (κ1) is 21.3. The van der Waals surface area contributed by atoms with Crippen molar-refractivity contribution < 1.29 is 5.11 Å². The van der Waals surface area contributed by atoms with Crippen molar-refractivity contribution in [3.63, 3.8) is 0 Å². The fourth-order valence-electron chi connectivity index (χ4n) is 3.18. The van der Waals surface area contributed by atoms with E-state index in [1.165, 1.54) is 16.3 Å². The van der Waals surface area contributed by atoms with Gasteiger partial charge in [0.05, 0.1) is 18.2 Å². The number of rotatable bonds is 5. The summed E-state index contributed by atoms with van der Waals surface area (Å²) < 4.78 is 0. The molecule has 0 bridgehead atoms. The first-order valence-electron chi connectivity index (χ1n) is 8.94. The molecule has 26 heavy (non-hydrogen) atoms. The molecule has 0 spiro atoms. The van der Waals surface area contributed by atoms with Gasteiger partial charge in [0.15, 0.2) is 5.96 Å². The minimum absolute atomic E-state index is 0. The number of nitrogens with zero attached hydrogens (tertiary/aromatic N) is 1. The SMILES string of the molecule is CCNC(=NCC1(O)CCSC1)NC(C)c1cccc2ccccc12.I. The van der Waals surface area contributed by atoms with E-state index >= 15 is 0 Å². The fourth-order valence-corrected chi connectivity index (χ4v) is 4.46. The zero-order chi connectivity index (χ0) is 17.7. The molecule has 2 aromatic rings. The van der Waals surface area contributed by atoms with Gasteiger partial charge in [0, 0.05) is 12.3 Å². The number of benzene rings is 2. The first-order valence-corrected chi connectivity index (χ1v) is 10.1. The van der Waals surface area contributed by atoms with Gasteiger partial charge >= 0.3 is 0 Å². The molecule has 1 heterocycles. The maximum atomic E-state index is 10.5. The van der Waals surface area contributed by atoms with Gasteiger partial charge in [-0.25, -0.2) is 0 Å². The normalized spacial score (nSPS) is 21.3. The largest absolute Gasteiger partial charge is 0.387 e. The number of thioether (sulfide) groups is 1. The summed E-state index contributed by atoms with van der Waals surface area (Å²) in [6.07, 6.45) is 0.819. The van der Waals surface area contributed by atoms with Gasteiger partial charge in [-0.05, 0) is 42.4 Å². The molecule has 0 aliphatic carbocycles. The molecule has 1 aliphatic heterocycles. The van der Waals surface area contributed by atoms with E-state index < -0.39 is 5.60 Å². The molecule has 2 aromatic carbocycles. The monoisotopic (exact) mass is 485 g/mol. The van der Waals surface area contributed by atoms with Crippen LogP contribution in [0.5, 0.6) is 0 Å². The molecule has 0 saturated carbocycles. The molecule has 3 rings (SSSR count). The summed E-state index contributed by atoms with van der Waals surface area (Å²) in [5.41, 5.74) is 0.592. The molecule has 1 fully saturated rings. The van der Waals surface area contributed by atoms with Crippen LogP contribution in [0.2, 0.25) is 0 Å². The summed E-state index contributed by atoms with van der Waals surface area (Å²) in [6.45, 7) is 5.44. The molecule has 0 radical (unpaired) electrons. The molecule has 3 N–H and O–H groups in total. The molecule has 1 aliphatic rings. The Bertz CT molecular complexity index is 741. The van der Waals surface area contributed by atoms with E-state index in [4.69, 9.17) is 0 Å². The van der Waals surface area contributed by atoms with Crippen molar-refractivity contribution in [1.29, 1.82) is 0 Å². The van der Waals surface area contributed by atoms with Crippen molar-refractivity contribution in [3.8, 4) is 0 Å². The Balaban J connectivity index is 0.00000243. The lowest BCUT2D eigenvalue weighted by Gasteiger charge is -2.22. The molecule has 4 nitrogen and oxygen atoms in total. The van der Waals surface area contributed by atoms with Gasteiger partial charge in [0.1, 0.15) is 0 Å². The lowest BCUT2D eigenvalue weighted by atomic mass is 10.00. The Morgan fingerprint density at radius 3 is 2.77 bits per heavy atom. The third kappa shape index (κ3) is 5.27. The van der Waals surface area contributed by atoms with E-state index in [0.717, 1.165) is 30.4 Å². The highest BCUT2D eigenvalue weighted by Crippen LogP contribution is 2.28. The standard InChI is InChI=1S/C20H27N3OS.HI/c1-3-21-19(22-13-20(24)11-12-25-14-20)23-15(2)17-10-6-8-16-7-4-5-9-18(16)17;/h4-10,15,24H,3,11-14H2,1-2H3,(H2,21,22,23);1H. The molecular formula is C20H28IN3OS. The van der Waals surface area contributed by atoms with Gasteiger partial charge in [0.2, 0.25) is 0 Å². The average Bonchev–Trinajstić information content (AvgIpc) is 3.06. The molecule has 1 saturated heterocycles. The summed E-state index contributed by atoms with van der Waals surface area (Å²) in [7, 11) is 0. The summed E-state index contributed by atoms with van der Waals surface area (Å²) >= 11 is 1.80. The maximum Gasteiger partial charge on any atom is 0.191 e. The smallest absolute Gasteiger partial charge is 0.191 e. The topological polar surface area (TPSA) is 56.7 Å². The molecule has 2 atom stereocenters. The average molecular weight is 485 g/mol. The second-order valence-electron chi connectivity index (χ2n) is 6.66. The van der Waals surface area contributed by atoms with Gasteiger partial charge in [-0.3, -0.25) is 4.99 Å². The Labute approximate surface area is 177 Å². The van der Waals surface area contributed by atoms with Crippen LogP contribution in [0.3, 0.4) is 0 Å². The van der Waals surface area contributed by atoms with Crippen LogP contribution in [0.4, 0.5) is 0 Å². The minimum Gasteiger partial charge on any atom is -0.387 e. The van der Waals surface area contributed by atoms with E-state index in [1.807, 2.05) is 0 Å². The minimum atomic E-state index is -0.657. The quantitative estimate of drug-likeness (QED) is 0.341. The van der Waals surface area contributed by atoms with E-state index in [1.54, 1.807) is 11.8 Å². The van der Waals surface area contributed by atoms with Crippen molar-refractivity contribution in [2.45, 2.75) is 31.9 Å². The van der Waals surface area contributed by atoms with Crippen LogP contribution in [-0.2, 0) is 0 Å². The number of nitrogens with one attached hydrogen (secondary N) is 2. The second kappa shape index (κ2) is 9.80. The Morgan fingerprint density at radius 1 is 1.27 bits per heavy atom. The highest BCUT2D eigenvalue weighted by molar-refractivity contribution is 14.0. The Kier molecular flexibility index (Phi) is 8.04. The van der Waals surface area contributed by atoms with Gasteiger partial charge in [-0.2, -0.15) is 11.8 Å². The summed E-state index contributed by atoms with van der Waals surface area (Å²) in [4.78, 5) is 4.64. The molecular weight excluding hydrogens is 457 g/mol. The summed E-state index contributed by atoms with van der Waals surface area (Å²) in [6, 6.07) is 14.9. The number of hydrogen-bond acceptors (Lipinski definition) is 3. The van der Waals surface area contributed by atoms with Gasteiger partial charge in [-0.1, -0.05) is 42.5 Å². The maximum absolute atomic E-state index is 10.5. The van der Waals surface area contributed by atoms with E-state index in [0.29, 0.717) is 6.54 Å². The van der Waals surface area contributed by atoms with E-state index in [-0.39, 0.29) is 30.0 Å². The fraction of sp³-hybridized carbons (Fsp3) is 0.450. The van der Waals surface area contributed by atoms with Gasteiger partial charge < -0.3 is 15.7 Å². The summed E-state index contributed by atoms with van der Waals surface area (Å²) in [5, 5.41) is 19.8. The van der Waals surface area contributed by atoms with Gasteiger partial charge in [0.25, 0.3) is 0 Å². The predicted molar refractivity (Wildman–Crippen MR) is 124 cm³/mol. The number of aliphatic hydroxyl groups is 1. The zero-order valence-corrected chi connectivity index (χ0v) is 18.5. The van der Waals surface area contributed by atoms with Crippen LogP contribution in [0.1, 0.15) is 31.9 Å². The van der Waals surface area contributed by atoms with Crippen molar-refractivity contribution in [2.24, 2.45) is 4.99 Å². The predicted octanol–water partition coefficient (Wildman–Crippen LogP) is 3.94. The lowest BCUT2D eigenvalue weighted by molar-refractivity contribution is 0.0778. The van der Waals surface area contributed by atoms with Crippen LogP contribution >= 0.6 is 35.7 Å². The van der Waals surface area contributed by atoms with Crippen molar-refractivity contribution in [3.05, 3.63) is 48.0 Å². The molecule has 0 aromatic heterocycles. The number of fused-ring (bicyclic) bond motifs is 1. The highest BCUT2D eigenvalue weighted by Gasteiger charge is 2.31. The van der Waals surface area contributed by atoms with Gasteiger partial charge in [-0.15, -0.1) is 24.0 Å². The summed E-state index contributed by atoms with van der Waals surface area (Å²) in [5.74, 6) is 2.55. The third-order valence-corrected chi connectivity index (χ3v) is 5.84. The van der Waals surface area contributed by atoms with Crippen LogP contribution in [0.25, 0.3) is 10.8 Å². The molecule has 142 valence electrons. The van der Waals surface area contributed by atoms with E-state index in [2.05, 4.69) is 71.9 Å². The molecule has 2 unspecified atom stereocenters. The number of halogens is 1. The highest BCUT2D eigenvalue weighted by atomic mass is 127. The number of hydrogen-bond donors (Lipinski definition) is 3. The number of aliphatic imine (C=N–C) groups is 1. The first-order chi connectivity index (χ1) is 12.1. The lowest BCUT2D eigenvalue weighted by Crippen LogP contribution is -2.41. The van der Waals surface area contributed by atoms with Crippen LogP contribution in [0.15, 0.2) is 47.5 Å². The van der Waals surface area contributed by atoms with E-state index in [9.17, 15) is 5.11 Å².